The second kappa shape index (κ2) is 8.14. The largest absolute Gasteiger partial charge is 0.306 e. The van der Waals surface area contributed by atoms with Gasteiger partial charge in [0, 0.05) is 31.2 Å². The molecule has 0 aliphatic carbocycles. The van der Waals surface area contributed by atoms with Crippen LogP contribution < -0.4 is 5.32 Å². The van der Waals surface area contributed by atoms with Gasteiger partial charge >= 0.3 is 0 Å². The number of hydrogen-bond donors (Lipinski definition) is 1. The molecule has 1 fully saturated rings. The normalized spacial score (nSPS) is 18.5. The maximum atomic E-state index is 13.0. The number of nitro groups is 1. The van der Waals surface area contributed by atoms with Crippen molar-refractivity contribution in [3.63, 3.8) is 0 Å². The van der Waals surface area contributed by atoms with Crippen LogP contribution in [0.3, 0.4) is 0 Å². The second-order valence-electron chi connectivity index (χ2n) is 7.53. The quantitative estimate of drug-likeness (QED) is 0.478. The van der Waals surface area contributed by atoms with E-state index in [9.17, 15) is 18.5 Å². The number of rotatable bonds is 6. The van der Waals surface area contributed by atoms with Crippen molar-refractivity contribution in [3.05, 3.63) is 82.4 Å². The lowest BCUT2D eigenvalue weighted by atomic mass is 9.99. The predicted molar refractivity (Wildman–Crippen MR) is 116 cm³/mol. The van der Waals surface area contributed by atoms with Crippen LogP contribution in [0.5, 0.6) is 0 Å². The highest BCUT2D eigenvalue weighted by molar-refractivity contribution is 7.89. The van der Waals surface area contributed by atoms with Crippen molar-refractivity contribution in [2.75, 3.05) is 13.1 Å². The molecule has 156 valence electrons. The Morgan fingerprint density at radius 3 is 2.57 bits per heavy atom. The van der Waals surface area contributed by atoms with E-state index in [2.05, 4.69) is 36.5 Å². The van der Waals surface area contributed by atoms with E-state index in [-0.39, 0.29) is 23.5 Å². The number of benzene rings is 3. The van der Waals surface area contributed by atoms with E-state index < -0.39 is 20.6 Å². The summed E-state index contributed by atoms with van der Waals surface area (Å²) in [6.07, 6.45) is 0.648. The van der Waals surface area contributed by atoms with Crippen LogP contribution in [0.4, 0.5) is 5.69 Å². The Hall–Kier alpha value is -2.81. The Morgan fingerprint density at radius 1 is 1.07 bits per heavy atom. The third-order valence-corrected chi connectivity index (χ3v) is 7.52. The molecule has 8 heteroatoms. The van der Waals surface area contributed by atoms with Gasteiger partial charge in [0.1, 0.15) is 0 Å². The van der Waals surface area contributed by atoms with Gasteiger partial charge in [-0.05, 0) is 35.7 Å². The summed E-state index contributed by atoms with van der Waals surface area (Å²) in [6.45, 7) is 2.68. The van der Waals surface area contributed by atoms with Crippen molar-refractivity contribution in [2.45, 2.75) is 30.3 Å². The van der Waals surface area contributed by atoms with E-state index in [0.717, 1.165) is 10.9 Å². The molecule has 1 aliphatic rings. The molecule has 0 amide bonds. The van der Waals surface area contributed by atoms with Gasteiger partial charge in [0.25, 0.3) is 5.69 Å². The fraction of sp³-hybridized carbons (Fsp3) is 0.273. The zero-order valence-electron chi connectivity index (χ0n) is 16.6. The number of sulfonamides is 1. The zero-order valence-corrected chi connectivity index (χ0v) is 17.4. The van der Waals surface area contributed by atoms with Gasteiger partial charge in [0.15, 0.2) is 4.90 Å². The van der Waals surface area contributed by atoms with Gasteiger partial charge in [-0.3, -0.25) is 10.1 Å². The van der Waals surface area contributed by atoms with E-state index in [0.29, 0.717) is 13.0 Å². The van der Waals surface area contributed by atoms with E-state index in [4.69, 9.17) is 0 Å². The van der Waals surface area contributed by atoms with Crippen molar-refractivity contribution < 1.29 is 13.3 Å². The molecule has 0 saturated carbocycles. The van der Waals surface area contributed by atoms with Crippen LogP contribution in [-0.2, 0) is 10.0 Å². The van der Waals surface area contributed by atoms with Crippen LogP contribution >= 0.6 is 0 Å². The Morgan fingerprint density at radius 2 is 1.77 bits per heavy atom. The van der Waals surface area contributed by atoms with E-state index in [1.807, 2.05) is 18.2 Å². The molecular formula is C22H23N3O4S. The van der Waals surface area contributed by atoms with Gasteiger partial charge in [-0.1, -0.05) is 54.6 Å². The first kappa shape index (κ1) is 20.5. The van der Waals surface area contributed by atoms with Gasteiger partial charge in [-0.25, -0.2) is 8.42 Å². The maximum absolute atomic E-state index is 13.0. The monoisotopic (exact) mass is 425 g/mol. The Bertz CT molecular complexity index is 1190. The molecule has 1 aliphatic heterocycles. The molecule has 0 unspecified atom stereocenters. The maximum Gasteiger partial charge on any atom is 0.289 e. The lowest BCUT2D eigenvalue weighted by molar-refractivity contribution is -0.387. The average Bonchev–Trinajstić information content (AvgIpc) is 3.22. The highest BCUT2D eigenvalue weighted by atomic mass is 32.2. The summed E-state index contributed by atoms with van der Waals surface area (Å²) in [4.78, 5) is 10.4. The first-order chi connectivity index (χ1) is 14.4. The molecule has 1 heterocycles. The highest BCUT2D eigenvalue weighted by Crippen LogP contribution is 2.30. The summed E-state index contributed by atoms with van der Waals surface area (Å²) in [5.41, 5.74) is 0.770. The first-order valence-corrected chi connectivity index (χ1v) is 11.3. The van der Waals surface area contributed by atoms with Crippen LogP contribution in [0, 0.1) is 10.1 Å². The minimum Gasteiger partial charge on any atom is -0.306 e. The Labute approximate surface area is 175 Å². The van der Waals surface area contributed by atoms with E-state index in [1.54, 1.807) is 0 Å². The smallest absolute Gasteiger partial charge is 0.289 e. The van der Waals surface area contributed by atoms with Crippen molar-refractivity contribution in [1.82, 2.24) is 9.62 Å². The van der Waals surface area contributed by atoms with Crippen LogP contribution in [0.2, 0.25) is 0 Å². The molecule has 7 nitrogen and oxygen atoms in total. The van der Waals surface area contributed by atoms with E-state index in [1.165, 1.54) is 34.0 Å². The number of nitrogens with one attached hydrogen (secondary N) is 1. The summed E-state index contributed by atoms with van der Waals surface area (Å²) >= 11 is 0. The standard InChI is InChI=1S/C22H23N3O4S/c1-16(19-10-6-8-17-7-2-3-9-20(17)19)23-18-13-14-24(15-18)30(28,29)22-12-5-4-11-21(22)25(26)27/h2-12,16,18,23H,13-15H2,1H3/t16-,18+/m1/s1. The molecule has 1 saturated heterocycles. The van der Waals surface area contributed by atoms with Crippen molar-refractivity contribution in [3.8, 4) is 0 Å². The molecule has 3 aromatic carbocycles. The summed E-state index contributed by atoms with van der Waals surface area (Å²) in [7, 11) is -3.93. The molecule has 0 bridgehead atoms. The first-order valence-electron chi connectivity index (χ1n) is 9.85. The summed E-state index contributed by atoms with van der Waals surface area (Å²) in [5.74, 6) is 0. The SMILES string of the molecule is C[C@@H](N[C@H]1CCN(S(=O)(=O)c2ccccc2[N+](=O)[O-])C1)c1cccc2ccccc12. The second-order valence-corrected chi connectivity index (χ2v) is 9.44. The van der Waals surface area contributed by atoms with Crippen LogP contribution in [0.15, 0.2) is 71.6 Å². The molecule has 30 heavy (non-hydrogen) atoms. The number of fused-ring (bicyclic) bond motifs is 1. The third-order valence-electron chi connectivity index (χ3n) is 5.61. The molecule has 1 N–H and O–H groups in total. The number of hydrogen-bond acceptors (Lipinski definition) is 5. The van der Waals surface area contributed by atoms with Gasteiger partial charge in [0.05, 0.1) is 4.92 Å². The van der Waals surface area contributed by atoms with Crippen LogP contribution in [-0.4, -0.2) is 36.8 Å². The lowest BCUT2D eigenvalue weighted by Gasteiger charge is -2.22. The number of nitrogens with zero attached hydrogens (tertiary/aromatic N) is 2. The van der Waals surface area contributed by atoms with E-state index >= 15 is 0 Å². The predicted octanol–water partition coefficient (Wildman–Crippen LogP) is 3.86. The third kappa shape index (κ3) is 3.81. The fourth-order valence-electron chi connectivity index (χ4n) is 4.12. The van der Waals surface area contributed by atoms with Crippen LogP contribution in [0.1, 0.15) is 24.9 Å². The summed E-state index contributed by atoms with van der Waals surface area (Å²) in [5, 5.41) is 17.1. The van der Waals surface area contributed by atoms with Gasteiger partial charge in [-0.2, -0.15) is 4.31 Å². The van der Waals surface area contributed by atoms with Gasteiger partial charge in [-0.15, -0.1) is 0 Å². The zero-order chi connectivity index (χ0) is 21.3. The average molecular weight is 426 g/mol. The van der Waals surface area contributed by atoms with Crippen molar-refractivity contribution >= 4 is 26.5 Å². The number of para-hydroxylation sites is 1. The molecule has 2 atom stereocenters. The molecule has 0 aromatic heterocycles. The molecule has 4 rings (SSSR count). The van der Waals surface area contributed by atoms with Crippen molar-refractivity contribution in [1.29, 1.82) is 0 Å². The molecule has 0 radical (unpaired) electrons. The minimum absolute atomic E-state index is 0.0310. The number of nitro benzene ring substituents is 1. The molecule has 0 spiro atoms. The Balaban J connectivity index is 1.51. The van der Waals surface area contributed by atoms with Gasteiger partial charge in [0.2, 0.25) is 10.0 Å². The molecule has 3 aromatic rings. The highest BCUT2D eigenvalue weighted by Gasteiger charge is 2.36. The molecular weight excluding hydrogens is 402 g/mol. The fourth-order valence-corrected chi connectivity index (χ4v) is 5.78. The van der Waals surface area contributed by atoms with Crippen LogP contribution in [0.25, 0.3) is 10.8 Å². The van der Waals surface area contributed by atoms with Gasteiger partial charge < -0.3 is 5.32 Å². The Kier molecular flexibility index (Phi) is 5.55. The summed E-state index contributed by atoms with van der Waals surface area (Å²) < 4.78 is 27.4. The topological polar surface area (TPSA) is 92.6 Å². The lowest BCUT2D eigenvalue weighted by Crippen LogP contribution is -2.36. The van der Waals surface area contributed by atoms with Crippen molar-refractivity contribution in [2.24, 2.45) is 0 Å². The summed E-state index contributed by atoms with van der Waals surface area (Å²) in [6, 6.07) is 19.9. The minimum atomic E-state index is -3.93.